The molecule has 0 N–H and O–H groups in total. The van der Waals surface area contributed by atoms with Crippen molar-refractivity contribution in [1.29, 1.82) is 0 Å². The van der Waals surface area contributed by atoms with Crippen molar-refractivity contribution in [2.75, 3.05) is 0 Å². The SMILES string of the molecule is O=c1n(-c2ccccc2)c2ccc(-c3cccc(-c4ccc5c6ccccc6c6ccccc6c5c4)c3)cc2c2nc3ccccc3n12. The first kappa shape index (κ1) is 26.7. The Balaban J connectivity index is 1.18. The van der Waals surface area contributed by atoms with E-state index in [4.69, 9.17) is 4.98 Å². The van der Waals surface area contributed by atoms with E-state index in [2.05, 4.69) is 109 Å². The molecule has 48 heavy (non-hydrogen) atoms. The molecule has 224 valence electrons. The molecule has 0 atom stereocenters. The van der Waals surface area contributed by atoms with Crippen LogP contribution >= 0.6 is 0 Å². The second kappa shape index (κ2) is 10.2. The summed E-state index contributed by atoms with van der Waals surface area (Å²) in [5.74, 6) is 0. The van der Waals surface area contributed by atoms with Gasteiger partial charge in [0.25, 0.3) is 0 Å². The van der Waals surface area contributed by atoms with Crippen molar-refractivity contribution < 1.29 is 0 Å². The molecule has 4 heteroatoms. The summed E-state index contributed by atoms with van der Waals surface area (Å²) in [5, 5.41) is 8.53. The zero-order valence-corrected chi connectivity index (χ0v) is 25.8. The Kier molecular flexibility index (Phi) is 5.69. The molecule has 0 amide bonds. The van der Waals surface area contributed by atoms with Gasteiger partial charge in [-0.2, -0.15) is 0 Å². The van der Waals surface area contributed by atoms with Crippen molar-refractivity contribution in [3.05, 3.63) is 174 Å². The molecule has 0 aliphatic carbocycles. The van der Waals surface area contributed by atoms with Gasteiger partial charge in [-0.3, -0.25) is 4.57 Å². The Hall–Kier alpha value is -6.52. The first-order valence-electron chi connectivity index (χ1n) is 16.2. The summed E-state index contributed by atoms with van der Waals surface area (Å²) in [5.41, 5.74) is 8.25. The Morgan fingerprint density at radius 1 is 0.396 bits per heavy atom. The molecule has 4 nitrogen and oxygen atoms in total. The number of hydrogen-bond acceptors (Lipinski definition) is 2. The van der Waals surface area contributed by atoms with E-state index in [1.807, 2.05) is 54.6 Å². The molecular weight excluding hydrogens is 587 g/mol. The summed E-state index contributed by atoms with van der Waals surface area (Å²) in [6.07, 6.45) is 0. The van der Waals surface area contributed by atoms with Crippen molar-refractivity contribution >= 4 is 59.9 Å². The summed E-state index contributed by atoms with van der Waals surface area (Å²) < 4.78 is 3.54. The summed E-state index contributed by atoms with van der Waals surface area (Å²) in [6, 6.07) is 56.9. The number of fused-ring (bicyclic) bond motifs is 11. The van der Waals surface area contributed by atoms with Gasteiger partial charge in [-0.05, 0) is 103 Å². The molecule has 0 saturated heterocycles. The van der Waals surface area contributed by atoms with Crippen LogP contribution in [0, 0.1) is 0 Å². The van der Waals surface area contributed by atoms with E-state index in [0.717, 1.165) is 44.3 Å². The van der Waals surface area contributed by atoms with Gasteiger partial charge in [0.1, 0.15) is 0 Å². The van der Waals surface area contributed by atoms with Crippen LogP contribution < -0.4 is 5.69 Å². The van der Waals surface area contributed by atoms with Crippen LogP contribution in [0.4, 0.5) is 0 Å². The lowest BCUT2D eigenvalue weighted by Gasteiger charge is -2.14. The maximum absolute atomic E-state index is 14.1. The highest BCUT2D eigenvalue weighted by Gasteiger charge is 2.17. The zero-order chi connectivity index (χ0) is 31.8. The number of aromatic nitrogens is 3. The van der Waals surface area contributed by atoms with Crippen molar-refractivity contribution in [2.24, 2.45) is 0 Å². The van der Waals surface area contributed by atoms with Gasteiger partial charge >= 0.3 is 5.69 Å². The topological polar surface area (TPSA) is 39.3 Å². The van der Waals surface area contributed by atoms with E-state index in [1.165, 1.54) is 37.9 Å². The molecule has 0 spiro atoms. The predicted octanol–water partition coefficient (Wildman–Crippen LogP) is 10.6. The molecule has 10 rings (SSSR count). The summed E-state index contributed by atoms with van der Waals surface area (Å²) >= 11 is 0. The van der Waals surface area contributed by atoms with Crippen molar-refractivity contribution in [3.63, 3.8) is 0 Å². The number of hydrogen-bond donors (Lipinski definition) is 0. The number of rotatable bonds is 3. The van der Waals surface area contributed by atoms with Gasteiger partial charge in [-0.25, -0.2) is 14.2 Å². The predicted molar refractivity (Wildman–Crippen MR) is 199 cm³/mol. The van der Waals surface area contributed by atoms with Crippen molar-refractivity contribution in [3.8, 4) is 27.9 Å². The van der Waals surface area contributed by atoms with Crippen LogP contribution in [0.3, 0.4) is 0 Å². The average Bonchev–Trinajstić information content (AvgIpc) is 3.56. The standard InChI is InChI=1S/C44H27N3O/c48-44-46(32-13-2-1-3-14-32)41-24-22-31(27-39(41)43-45-40-19-8-9-20-42(40)47(43)44)29-12-10-11-28(25-29)30-21-23-37-35-17-5-4-15-33(35)34-16-6-7-18-36(34)38(37)26-30/h1-27H. The van der Waals surface area contributed by atoms with Crippen LogP contribution in [0.25, 0.3) is 87.8 Å². The quantitative estimate of drug-likeness (QED) is 0.186. The van der Waals surface area contributed by atoms with Crippen LogP contribution in [0.2, 0.25) is 0 Å². The normalized spacial score (nSPS) is 11.8. The lowest BCUT2D eigenvalue weighted by Crippen LogP contribution is -2.25. The van der Waals surface area contributed by atoms with Gasteiger partial charge < -0.3 is 0 Å². The zero-order valence-electron chi connectivity index (χ0n) is 25.8. The molecule has 0 saturated carbocycles. The second-order valence-electron chi connectivity index (χ2n) is 12.4. The minimum Gasteiger partial charge on any atom is -0.262 e. The molecule has 2 heterocycles. The monoisotopic (exact) mass is 613 g/mol. The molecule has 8 aromatic carbocycles. The Bertz CT molecular complexity index is 2940. The highest BCUT2D eigenvalue weighted by molar-refractivity contribution is 6.25. The lowest BCUT2D eigenvalue weighted by molar-refractivity contribution is 0.932. The molecule has 10 aromatic rings. The molecule has 0 aliphatic heterocycles. The Morgan fingerprint density at radius 3 is 1.65 bits per heavy atom. The maximum Gasteiger partial charge on any atom is 0.339 e. The fourth-order valence-corrected chi connectivity index (χ4v) is 7.49. The average molecular weight is 614 g/mol. The molecule has 0 unspecified atom stereocenters. The smallest absolute Gasteiger partial charge is 0.262 e. The fourth-order valence-electron chi connectivity index (χ4n) is 7.49. The number of para-hydroxylation sites is 3. The highest BCUT2D eigenvalue weighted by atomic mass is 16.1. The van der Waals surface area contributed by atoms with E-state index < -0.39 is 0 Å². The van der Waals surface area contributed by atoms with Gasteiger partial charge in [-0.1, -0.05) is 115 Å². The Morgan fingerprint density at radius 2 is 0.938 bits per heavy atom. The first-order valence-corrected chi connectivity index (χ1v) is 16.2. The largest absolute Gasteiger partial charge is 0.339 e. The van der Waals surface area contributed by atoms with Gasteiger partial charge in [0, 0.05) is 5.39 Å². The number of nitrogens with zero attached hydrogens (tertiary/aromatic N) is 3. The molecule has 2 aromatic heterocycles. The summed E-state index contributed by atoms with van der Waals surface area (Å²) in [4.78, 5) is 19.1. The van der Waals surface area contributed by atoms with E-state index in [0.29, 0.717) is 5.65 Å². The molecular formula is C44H27N3O. The lowest BCUT2D eigenvalue weighted by atomic mass is 9.91. The van der Waals surface area contributed by atoms with Gasteiger partial charge in [-0.15, -0.1) is 0 Å². The van der Waals surface area contributed by atoms with E-state index in [9.17, 15) is 4.79 Å². The van der Waals surface area contributed by atoms with Crippen LogP contribution in [0.5, 0.6) is 0 Å². The molecule has 0 bridgehead atoms. The highest BCUT2D eigenvalue weighted by Crippen LogP contribution is 2.38. The van der Waals surface area contributed by atoms with Crippen LogP contribution in [-0.4, -0.2) is 14.0 Å². The summed E-state index contributed by atoms with van der Waals surface area (Å²) in [6.45, 7) is 0. The number of benzene rings is 8. The van der Waals surface area contributed by atoms with Gasteiger partial charge in [0.05, 0.1) is 22.2 Å². The second-order valence-corrected chi connectivity index (χ2v) is 12.4. The van der Waals surface area contributed by atoms with Gasteiger partial charge in [0.15, 0.2) is 5.65 Å². The third-order valence-corrected chi connectivity index (χ3v) is 9.71. The number of imidazole rings is 1. The minimum atomic E-state index is -0.135. The Labute approximate surface area is 275 Å². The fraction of sp³-hybridized carbons (Fsp3) is 0. The maximum atomic E-state index is 14.1. The molecule has 0 aliphatic rings. The van der Waals surface area contributed by atoms with Crippen LogP contribution in [-0.2, 0) is 0 Å². The van der Waals surface area contributed by atoms with E-state index >= 15 is 0 Å². The van der Waals surface area contributed by atoms with Crippen molar-refractivity contribution in [1.82, 2.24) is 14.0 Å². The molecule has 0 radical (unpaired) electrons. The molecule has 0 fully saturated rings. The third kappa shape index (κ3) is 3.90. The third-order valence-electron chi connectivity index (χ3n) is 9.71. The van der Waals surface area contributed by atoms with E-state index in [1.54, 1.807) is 8.97 Å². The van der Waals surface area contributed by atoms with Crippen LogP contribution in [0.15, 0.2) is 169 Å². The van der Waals surface area contributed by atoms with Crippen molar-refractivity contribution in [2.45, 2.75) is 0 Å². The van der Waals surface area contributed by atoms with Crippen LogP contribution in [0.1, 0.15) is 0 Å². The minimum absolute atomic E-state index is 0.135. The summed E-state index contributed by atoms with van der Waals surface area (Å²) in [7, 11) is 0. The first-order chi connectivity index (χ1) is 23.7. The van der Waals surface area contributed by atoms with E-state index in [-0.39, 0.29) is 5.69 Å². The van der Waals surface area contributed by atoms with Gasteiger partial charge in [0.2, 0.25) is 0 Å².